The van der Waals surface area contributed by atoms with E-state index < -0.39 is 6.23 Å². The first-order valence-electron chi connectivity index (χ1n) is 13.8. The number of methoxy groups -OCH3 is 1. The predicted octanol–water partition coefficient (Wildman–Crippen LogP) is 2.14. The molecule has 2 unspecified atom stereocenters. The van der Waals surface area contributed by atoms with Crippen LogP contribution in [0.5, 0.6) is 0 Å². The van der Waals surface area contributed by atoms with E-state index in [9.17, 15) is 10.4 Å². The van der Waals surface area contributed by atoms with Crippen LogP contribution < -0.4 is 14.7 Å². The van der Waals surface area contributed by atoms with Crippen LogP contribution in [0.25, 0.3) is 0 Å². The van der Waals surface area contributed by atoms with Gasteiger partial charge in [-0.15, -0.1) is 0 Å². The van der Waals surface area contributed by atoms with Gasteiger partial charge in [0.2, 0.25) is 5.95 Å². The molecule has 2 aromatic rings. The fraction of sp³-hybridized carbons (Fsp3) is 0.552. The van der Waals surface area contributed by atoms with Crippen LogP contribution in [0.3, 0.4) is 0 Å². The second-order valence-electron chi connectivity index (χ2n) is 10.9. The molecule has 1 aliphatic carbocycles. The normalized spacial score (nSPS) is 24.4. The summed E-state index contributed by atoms with van der Waals surface area (Å²) in [6.45, 7) is 8.44. The summed E-state index contributed by atoms with van der Waals surface area (Å²) in [5.74, 6) is 1.78. The highest BCUT2D eigenvalue weighted by atomic mass is 16.5. The molecule has 2 fully saturated rings. The number of benzene rings is 1. The van der Waals surface area contributed by atoms with E-state index in [-0.39, 0.29) is 12.1 Å². The van der Waals surface area contributed by atoms with Gasteiger partial charge >= 0.3 is 0 Å². The molecule has 0 amide bonds. The van der Waals surface area contributed by atoms with Gasteiger partial charge in [0.05, 0.1) is 24.3 Å². The number of hydrogen-bond acceptors (Lipinski definition) is 9. The van der Waals surface area contributed by atoms with Crippen molar-refractivity contribution in [2.45, 2.75) is 56.5 Å². The third-order valence-electron chi connectivity index (χ3n) is 8.75. The molecule has 3 aliphatic heterocycles. The summed E-state index contributed by atoms with van der Waals surface area (Å²) in [5, 5.41) is 20.0. The Morgan fingerprint density at radius 2 is 2.00 bits per heavy atom. The van der Waals surface area contributed by atoms with E-state index in [1.54, 1.807) is 7.11 Å². The van der Waals surface area contributed by atoms with Gasteiger partial charge in [-0.2, -0.15) is 10.2 Å². The molecule has 4 aliphatic rings. The number of nitriles is 1. The van der Waals surface area contributed by atoms with Gasteiger partial charge in [0, 0.05) is 76.1 Å². The summed E-state index contributed by atoms with van der Waals surface area (Å²) in [6.07, 6.45) is 5.38. The van der Waals surface area contributed by atoms with Crippen LogP contribution in [0.15, 0.2) is 36.9 Å². The molecular formula is C29H37N7O2. The highest BCUT2D eigenvalue weighted by molar-refractivity contribution is 5.60. The molecule has 1 aromatic heterocycles. The molecule has 0 bridgehead atoms. The number of ether oxygens (including phenoxy) is 1. The van der Waals surface area contributed by atoms with E-state index in [4.69, 9.17) is 14.7 Å². The maximum absolute atomic E-state index is 10.5. The van der Waals surface area contributed by atoms with E-state index in [2.05, 4.69) is 51.6 Å². The Bertz CT molecular complexity index is 1220. The predicted molar refractivity (Wildman–Crippen MR) is 147 cm³/mol. The highest BCUT2D eigenvalue weighted by Crippen LogP contribution is 2.37. The smallest absolute Gasteiger partial charge is 0.227 e. The van der Waals surface area contributed by atoms with Crippen molar-refractivity contribution in [2.24, 2.45) is 0 Å². The van der Waals surface area contributed by atoms with Crippen LogP contribution in [0.1, 0.15) is 29.7 Å². The summed E-state index contributed by atoms with van der Waals surface area (Å²) in [5.41, 5.74) is 5.21. The molecular weight excluding hydrogens is 478 g/mol. The average Bonchev–Trinajstić information content (AvgIpc) is 3.36. The van der Waals surface area contributed by atoms with E-state index in [0.717, 1.165) is 69.3 Å². The number of fused-ring (bicyclic) bond motifs is 2. The Kier molecular flexibility index (Phi) is 6.95. The lowest BCUT2D eigenvalue weighted by atomic mass is 9.90. The molecule has 0 saturated carbocycles. The Morgan fingerprint density at radius 1 is 1.16 bits per heavy atom. The zero-order valence-corrected chi connectivity index (χ0v) is 22.2. The number of nitrogens with zero attached hydrogens (tertiary/aromatic N) is 7. The van der Waals surface area contributed by atoms with Crippen LogP contribution in [0, 0.1) is 11.3 Å². The van der Waals surface area contributed by atoms with Gasteiger partial charge in [-0.05, 0) is 37.0 Å². The summed E-state index contributed by atoms with van der Waals surface area (Å²) < 4.78 is 5.52. The summed E-state index contributed by atoms with van der Waals surface area (Å²) >= 11 is 0. The van der Waals surface area contributed by atoms with E-state index in [1.807, 2.05) is 4.90 Å². The number of aliphatic hydroxyl groups is 1. The van der Waals surface area contributed by atoms with Gasteiger partial charge in [0.15, 0.2) is 0 Å². The lowest BCUT2D eigenvalue weighted by Gasteiger charge is -2.44. The second-order valence-corrected chi connectivity index (χ2v) is 10.9. The Morgan fingerprint density at radius 3 is 2.79 bits per heavy atom. The van der Waals surface area contributed by atoms with Gasteiger partial charge in [0.1, 0.15) is 12.0 Å². The maximum Gasteiger partial charge on any atom is 0.227 e. The molecule has 38 heavy (non-hydrogen) atoms. The Balaban J connectivity index is 1.30. The minimum atomic E-state index is -0.749. The van der Waals surface area contributed by atoms with Gasteiger partial charge in [0.25, 0.3) is 0 Å². The molecule has 0 spiro atoms. The maximum atomic E-state index is 10.5. The number of para-hydroxylation sites is 1. The second kappa shape index (κ2) is 10.5. The SMILES string of the molecule is C=CC(O)N1CCN(c2nc(N3CC(OC)C3)nc3c2CCC(N2CCc4ccccc42)C3)C[C@@H]1CC#N. The molecule has 2 saturated heterocycles. The molecule has 9 heteroatoms. The topological polar surface area (TPSA) is 92.0 Å². The molecule has 1 N–H and O–H groups in total. The first-order valence-corrected chi connectivity index (χ1v) is 13.8. The number of anilines is 3. The van der Waals surface area contributed by atoms with Crippen LogP contribution in [0.4, 0.5) is 17.5 Å². The van der Waals surface area contributed by atoms with Crippen molar-refractivity contribution in [3.8, 4) is 6.07 Å². The van der Waals surface area contributed by atoms with Crippen molar-refractivity contribution in [3.63, 3.8) is 0 Å². The molecule has 0 radical (unpaired) electrons. The monoisotopic (exact) mass is 515 g/mol. The van der Waals surface area contributed by atoms with Crippen LogP contribution in [-0.2, 0) is 24.0 Å². The van der Waals surface area contributed by atoms with Crippen molar-refractivity contribution in [1.82, 2.24) is 14.9 Å². The number of hydrogen-bond donors (Lipinski definition) is 1. The number of rotatable bonds is 7. The molecule has 6 rings (SSSR count). The van der Waals surface area contributed by atoms with Crippen molar-refractivity contribution in [1.29, 1.82) is 5.26 Å². The van der Waals surface area contributed by atoms with E-state index in [1.165, 1.54) is 22.9 Å². The third kappa shape index (κ3) is 4.51. The van der Waals surface area contributed by atoms with E-state index >= 15 is 0 Å². The zero-order valence-electron chi connectivity index (χ0n) is 22.2. The molecule has 4 heterocycles. The molecule has 9 nitrogen and oxygen atoms in total. The number of aromatic nitrogens is 2. The van der Waals surface area contributed by atoms with E-state index in [0.29, 0.717) is 25.6 Å². The third-order valence-corrected chi connectivity index (χ3v) is 8.75. The van der Waals surface area contributed by atoms with Crippen LogP contribution in [-0.4, -0.2) is 90.8 Å². The molecule has 1 aromatic carbocycles. The number of piperazine rings is 1. The fourth-order valence-electron chi connectivity index (χ4n) is 6.56. The first kappa shape index (κ1) is 25.1. The largest absolute Gasteiger partial charge is 0.378 e. The summed E-state index contributed by atoms with van der Waals surface area (Å²) in [4.78, 5) is 19.4. The zero-order chi connectivity index (χ0) is 26.2. The quantitative estimate of drug-likeness (QED) is 0.557. The average molecular weight is 516 g/mol. The molecule has 200 valence electrons. The van der Waals surface area contributed by atoms with Crippen LogP contribution >= 0.6 is 0 Å². The lowest BCUT2D eigenvalue weighted by molar-refractivity contribution is 0.00433. The number of aliphatic hydroxyl groups excluding tert-OH is 1. The summed E-state index contributed by atoms with van der Waals surface area (Å²) in [6, 6.07) is 11.4. The minimum Gasteiger partial charge on any atom is -0.378 e. The Hall–Kier alpha value is -3.19. The summed E-state index contributed by atoms with van der Waals surface area (Å²) in [7, 11) is 1.76. The van der Waals surface area contributed by atoms with Crippen molar-refractivity contribution < 1.29 is 9.84 Å². The molecule has 3 atom stereocenters. The lowest BCUT2D eigenvalue weighted by Crippen LogP contribution is -2.57. The van der Waals surface area contributed by atoms with Gasteiger partial charge in [-0.3, -0.25) is 4.90 Å². The van der Waals surface area contributed by atoms with Gasteiger partial charge < -0.3 is 24.5 Å². The minimum absolute atomic E-state index is 0.0878. The highest BCUT2D eigenvalue weighted by Gasteiger charge is 2.37. The fourth-order valence-corrected chi connectivity index (χ4v) is 6.56. The van der Waals surface area contributed by atoms with Gasteiger partial charge in [-0.25, -0.2) is 4.98 Å². The first-order chi connectivity index (χ1) is 18.6. The van der Waals surface area contributed by atoms with Crippen LogP contribution in [0.2, 0.25) is 0 Å². The standard InChI is InChI=1S/C29H37N7O2/c1-3-27(37)36-15-14-33(17-22(36)10-12-30)28-24-9-8-21(35-13-11-20-6-4-5-7-26(20)35)16-25(24)31-29(32-28)34-18-23(19-34)38-2/h3-7,21-23,27,37H,1,8-11,13-19H2,2H3/t21?,22-,27?/m0/s1. The van der Waals surface area contributed by atoms with Gasteiger partial charge in [-0.1, -0.05) is 24.8 Å². The van der Waals surface area contributed by atoms with Crippen molar-refractivity contribution >= 4 is 17.5 Å². The Labute approximate surface area is 224 Å². The van der Waals surface area contributed by atoms with Crippen molar-refractivity contribution in [3.05, 3.63) is 53.7 Å². The van der Waals surface area contributed by atoms with Crippen molar-refractivity contribution in [2.75, 3.05) is 61.1 Å².